The summed E-state index contributed by atoms with van der Waals surface area (Å²) in [4.78, 5) is 23.3. The third kappa shape index (κ3) is 2.44. The molecule has 3 aromatic heterocycles. The number of hydrogen-bond donors (Lipinski definition) is 2. The molecule has 7 heteroatoms. The van der Waals surface area contributed by atoms with Crippen molar-refractivity contribution < 1.29 is 9.21 Å². The van der Waals surface area contributed by atoms with Crippen LogP contribution < -0.4 is 11.5 Å². The van der Waals surface area contributed by atoms with Gasteiger partial charge in [0.05, 0.1) is 6.26 Å². The molecule has 0 aromatic carbocycles. The number of amides is 1. The fraction of sp³-hybridized carbons (Fsp3) is 0. The number of pyridine rings is 1. The van der Waals surface area contributed by atoms with E-state index in [-0.39, 0.29) is 11.6 Å². The highest BCUT2D eigenvalue weighted by Crippen LogP contribution is 2.30. The van der Waals surface area contributed by atoms with Gasteiger partial charge in [-0.1, -0.05) is 0 Å². The predicted molar refractivity (Wildman–Crippen MR) is 75.9 cm³/mol. The van der Waals surface area contributed by atoms with Crippen molar-refractivity contribution in [1.82, 2.24) is 15.0 Å². The van der Waals surface area contributed by atoms with E-state index in [0.29, 0.717) is 22.6 Å². The molecular weight excluding hydrogens is 270 g/mol. The van der Waals surface area contributed by atoms with E-state index in [4.69, 9.17) is 15.9 Å². The van der Waals surface area contributed by atoms with E-state index in [0.717, 1.165) is 0 Å². The van der Waals surface area contributed by atoms with Gasteiger partial charge in [-0.3, -0.25) is 9.78 Å². The lowest BCUT2D eigenvalue weighted by Crippen LogP contribution is -2.12. The van der Waals surface area contributed by atoms with Crippen LogP contribution in [-0.4, -0.2) is 20.9 Å². The molecule has 0 saturated carbocycles. The van der Waals surface area contributed by atoms with E-state index in [1.807, 2.05) is 0 Å². The van der Waals surface area contributed by atoms with Crippen LogP contribution >= 0.6 is 0 Å². The normalized spacial score (nSPS) is 10.5. The Kier molecular flexibility index (Phi) is 3.07. The summed E-state index contributed by atoms with van der Waals surface area (Å²) in [6.45, 7) is 0. The lowest BCUT2D eigenvalue weighted by Gasteiger charge is -2.07. The molecule has 0 atom stereocenters. The second kappa shape index (κ2) is 5.04. The van der Waals surface area contributed by atoms with Crippen LogP contribution in [0.15, 0.2) is 47.3 Å². The van der Waals surface area contributed by atoms with Crippen LogP contribution in [0.4, 0.5) is 5.95 Å². The first kappa shape index (κ1) is 12.8. The number of nitrogen functional groups attached to an aromatic ring is 1. The van der Waals surface area contributed by atoms with Crippen LogP contribution in [0.3, 0.4) is 0 Å². The van der Waals surface area contributed by atoms with Crippen LogP contribution in [0.2, 0.25) is 0 Å². The number of furan rings is 1. The third-order valence-electron chi connectivity index (χ3n) is 2.89. The van der Waals surface area contributed by atoms with Gasteiger partial charge in [0.2, 0.25) is 5.95 Å². The molecule has 0 aliphatic rings. The topological polar surface area (TPSA) is 121 Å². The number of hydrogen-bond acceptors (Lipinski definition) is 6. The zero-order valence-electron chi connectivity index (χ0n) is 10.9. The van der Waals surface area contributed by atoms with Gasteiger partial charge in [0.1, 0.15) is 11.4 Å². The number of nitrogens with two attached hydrogens (primary N) is 2. The summed E-state index contributed by atoms with van der Waals surface area (Å²) in [5.41, 5.74) is 13.0. The first-order valence-corrected chi connectivity index (χ1v) is 6.08. The van der Waals surface area contributed by atoms with Crippen molar-refractivity contribution in [2.75, 3.05) is 5.73 Å². The van der Waals surface area contributed by atoms with Crippen molar-refractivity contribution in [3.05, 3.63) is 48.6 Å². The van der Waals surface area contributed by atoms with Crippen LogP contribution in [0.5, 0.6) is 0 Å². The second-order valence-corrected chi connectivity index (χ2v) is 4.26. The molecule has 21 heavy (non-hydrogen) atoms. The Morgan fingerprint density at radius 2 is 2.10 bits per heavy atom. The maximum atomic E-state index is 11.2. The van der Waals surface area contributed by atoms with Crippen molar-refractivity contribution in [2.45, 2.75) is 0 Å². The minimum Gasteiger partial charge on any atom is -0.463 e. The molecule has 0 aliphatic carbocycles. The number of aromatic nitrogens is 3. The van der Waals surface area contributed by atoms with Crippen LogP contribution in [0.1, 0.15) is 10.5 Å². The van der Waals surface area contributed by atoms with E-state index < -0.39 is 5.91 Å². The summed E-state index contributed by atoms with van der Waals surface area (Å²) in [5, 5.41) is 0. The van der Waals surface area contributed by atoms with Gasteiger partial charge in [0.15, 0.2) is 5.76 Å². The highest BCUT2D eigenvalue weighted by molar-refractivity contribution is 5.92. The van der Waals surface area contributed by atoms with E-state index in [1.54, 1.807) is 36.7 Å². The molecule has 0 fully saturated rings. The molecule has 3 rings (SSSR count). The van der Waals surface area contributed by atoms with Gasteiger partial charge in [-0.2, -0.15) is 0 Å². The molecule has 1 amide bonds. The molecule has 104 valence electrons. The van der Waals surface area contributed by atoms with Crippen molar-refractivity contribution in [3.8, 4) is 22.6 Å². The molecule has 0 unspecified atom stereocenters. The monoisotopic (exact) mass is 281 g/mol. The zero-order valence-corrected chi connectivity index (χ0v) is 10.9. The smallest absolute Gasteiger partial charge is 0.267 e. The van der Waals surface area contributed by atoms with E-state index in [2.05, 4.69) is 15.0 Å². The summed E-state index contributed by atoms with van der Waals surface area (Å²) < 4.78 is 5.36. The third-order valence-corrected chi connectivity index (χ3v) is 2.89. The number of rotatable bonds is 3. The average Bonchev–Trinajstić information content (AvgIpc) is 3.01. The highest BCUT2D eigenvalue weighted by atomic mass is 16.3. The Morgan fingerprint density at radius 1 is 1.24 bits per heavy atom. The Bertz CT molecular complexity index is 799. The van der Waals surface area contributed by atoms with Crippen molar-refractivity contribution in [2.24, 2.45) is 5.73 Å². The summed E-state index contributed by atoms with van der Waals surface area (Å²) in [5.74, 6) is 0.0821. The SMILES string of the molecule is NC(=O)c1cc(-c2cnc(N)nc2-c2ccco2)ccn1. The van der Waals surface area contributed by atoms with Crippen LogP contribution in [0, 0.1) is 0 Å². The van der Waals surface area contributed by atoms with Crippen molar-refractivity contribution in [1.29, 1.82) is 0 Å². The summed E-state index contributed by atoms with van der Waals surface area (Å²) in [6, 6.07) is 6.82. The Hall–Kier alpha value is -3.22. The largest absolute Gasteiger partial charge is 0.463 e. The minimum atomic E-state index is -0.604. The molecule has 0 bridgehead atoms. The molecule has 7 nitrogen and oxygen atoms in total. The van der Waals surface area contributed by atoms with Gasteiger partial charge >= 0.3 is 0 Å². The van der Waals surface area contributed by atoms with E-state index in [9.17, 15) is 4.79 Å². The predicted octanol–water partition coefficient (Wildman–Crippen LogP) is 1.48. The number of nitrogens with zero attached hydrogens (tertiary/aromatic N) is 3. The van der Waals surface area contributed by atoms with Gasteiger partial charge in [0, 0.05) is 18.0 Å². The maximum absolute atomic E-state index is 11.2. The summed E-state index contributed by atoms with van der Waals surface area (Å²) in [6.07, 6.45) is 4.61. The second-order valence-electron chi connectivity index (χ2n) is 4.26. The van der Waals surface area contributed by atoms with Gasteiger partial charge in [-0.05, 0) is 29.8 Å². The van der Waals surface area contributed by atoms with Crippen LogP contribution in [0.25, 0.3) is 22.6 Å². The number of carbonyl (C=O) groups is 1. The lowest BCUT2D eigenvalue weighted by molar-refractivity contribution is 0.0995. The zero-order chi connectivity index (χ0) is 14.8. The van der Waals surface area contributed by atoms with Crippen molar-refractivity contribution in [3.63, 3.8) is 0 Å². The first-order chi connectivity index (χ1) is 10.1. The molecule has 3 aromatic rings. The number of anilines is 1. The van der Waals surface area contributed by atoms with E-state index >= 15 is 0 Å². The lowest BCUT2D eigenvalue weighted by atomic mass is 10.0. The van der Waals surface area contributed by atoms with Crippen molar-refractivity contribution >= 4 is 11.9 Å². The molecule has 0 spiro atoms. The molecule has 0 aliphatic heterocycles. The molecule has 0 radical (unpaired) electrons. The molecule has 0 saturated heterocycles. The fourth-order valence-corrected chi connectivity index (χ4v) is 1.94. The Labute approximate surface area is 119 Å². The Balaban J connectivity index is 2.19. The van der Waals surface area contributed by atoms with Crippen LogP contribution in [-0.2, 0) is 0 Å². The van der Waals surface area contributed by atoms with Gasteiger partial charge in [-0.15, -0.1) is 0 Å². The maximum Gasteiger partial charge on any atom is 0.267 e. The Morgan fingerprint density at radius 3 is 2.81 bits per heavy atom. The first-order valence-electron chi connectivity index (χ1n) is 6.08. The molecule has 3 heterocycles. The van der Waals surface area contributed by atoms with E-state index in [1.165, 1.54) is 6.20 Å². The quantitative estimate of drug-likeness (QED) is 0.750. The minimum absolute atomic E-state index is 0.134. The summed E-state index contributed by atoms with van der Waals surface area (Å²) >= 11 is 0. The van der Waals surface area contributed by atoms with Gasteiger partial charge in [0.25, 0.3) is 5.91 Å². The average molecular weight is 281 g/mol. The molecule has 4 N–H and O–H groups in total. The molecular formula is C14H11N5O2. The standard InChI is InChI=1S/C14H11N5O2/c15-13(20)10-6-8(3-4-17-10)9-7-18-14(16)19-12(9)11-2-1-5-21-11/h1-7H,(H2,15,20)(H2,16,18,19). The highest BCUT2D eigenvalue weighted by Gasteiger charge is 2.14. The number of carbonyl (C=O) groups excluding carboxylic acids is 1. The summed E-state index contributed by atoms with van der Waals surface area (Å²) in [7, 11) is 0. The fourth-order valence-electron chi connectivity index (χ4n) is 1.94. The van der Waals surface area contributed by atoms with Gasteiger partial charge in [-0.25, -0.2) is 9.97 Å². The number of primary amides is 1. The van der Waals surface area contributed by atoms with Gasteiger partial charge < -0.3 is 15.9 Å².